The number of nitrogens with zero attached hydrogens (tertiary/aromatic N) is 2. The topological polar surface area (TPSA) is 127 Å². The molecule has 1 aromatic heterocycles. The Labute approximate surface area is 236 Å². The van der Waals surface area contributed by atoms with Gasteiger partial charge in [0.15, 0.2) is 11.2 Å². The Kier molecular flexibility index (Phi) is 8.83. The van der Waals surface area contributed by atoms with Crippen LogP contribution >= 0.6 is 11.3 Å². The number of hydrogen-bond acceptors (Lipinski definition) is 8. The van der Waals surface area contributed by atoms with E-state index in [1.54, 1.807) is 27.7 Å². The van der Waals surface area contributed by atoms with E-state index in [1.807, 2.05) is 60.7 Å². The lowest BCUT2D eigenvalue weighted by Gasteiger charge is -2.43. The summed E-state index contributed by atoms with van der Waals surface area (Å²) in [6.07, 6.45) is 1.03. The number of likely N-dealkylation sites (tertiary alicyclic amines) is 1. The molecular weight excluding hydrogens is 532 g/mol. The number of carbonyl (C=O) groups excluding carboxylic acids is 4. The van der Waals surface area contributed by atoms with Gasteiger partial charge in [-0.2, -0.15) is 0 Å². The molecular formula is C29H32N4O6S. The van der Waals surface area contributed by atoms with Crippen LogP contribution in [0.25, 0.3) is 0 Å². The van der Waals surface area contributed by atoms with E-state index in [9.17, 15) is 19.2 Å². The van der Waals surface area contributed by atoms with Crippen molar-refractivity contribution in [2.75, 3.05) is 5.32 Å². The molecule has 1 saturated heterocycles. The number of β-lactam (4-membered cyclic amide) rings is 1. The summed E-state index contributed by atoms with van der Waals surface area (Å²) in [5.41, 5.74) is 0.975. The molecule has 210 valence electrons. The smallest absolute Gasteiger partial charge is 0.413 e. The molecule has 1 unspecified atom stereocenters. The molecule has 40 heavy (non-hydrogen) atoms. The van der Waals surface area contributed by atoms with Crippen molar-refractivity contribution >= 4 is 40.5 Å². The van der Waals surface area contributed by atoms with E-state index in [2.05, 4.69) is 15.6 Å². The van der Waals surface area contributed by atoms with Crippen LogP contribution < -0.4 is 10.6 Å². The highest BCUT2D eigenvalue weighted by Crippen LogP contribution is 2.34. The van der Waals surface area contributed by atoms with Crippen molar-refractivity contribution in [2.24, 2.45) is 5.92 Å². The van der Waals surface area contributed by atoms with E-state index in [-0.39, 0.29) is 19.1 Å². The monoisotopic (exact) mass is 564 g/mol. The SMILES string of the molecule is C[C@@H](NC(=O)N1C(=O)C(Cc2cnc(NC(=O)OC(C)(C)C)s2)[C@H]1C(=O)OCc1ccccc1)c1ccccc1. The summed E-state index contributed by atoms with van der Waals surface area (Å²) in [4.78, 5) is 57.4. The summed E-state index contributed by atoms with van der Waals surface area (Å²) in [6.45, 7) is 7.07. The largest absolute Gasteiger partial charge is 0.459 e. The summed E-state index contributed by atoms with van der Waals surface area (Å²) in [5.74, 6) is -1.99. The van der Waals surface area contributed by atoms with Gasteiger partial charge in [-0.05, 0) is 45.2 Å². The number of carbonyl (C=O) groups is 4. The highest BCUT2D eigenvalue weighted by atomic mass is 32.1. The molecule has 4 rings (SSSR count). The third-order valence-electron chi connectivity index (χ3n) is 6.12. The lowest BCUT2D eigenvalue weighted by molar-refractivity contribution is -0.170. The first kappa shape index (κ1) is 28.8. The zero-order valence-electron chi connectivity index (χ0n) is 22.7. The lowest BCUT2D eigenvalue weighted by atomic mass is 9.84. The van der Waals surface area contributed by atoms with Gasteiger partial charge >= 0.3 is 18.1 Å². The summed E-state index contributed by atoms with van der Waals surface area (Å²) in [6, 6.07) is 16.3. The molecule has 3 atom stereocenters. The molecule has 2 aromatic carbocycles. The average Bonchev–Trinajstić information content (AvgIpc) is 3.35. The predicted octanol–water partition coefficient (Wildman–Crippen LogP) is 5.07. The van der Waals surface area contributed by atoms with Crippen LogP contribution in [0.4, 0.5) is 14.7 Å². The maximum absolute atomic E-state index is 13.2. The predicted molar refractivity (Wildman–Crippen MR) is 149 cm³/mol. The molecule has 1 aliphatic rings. The molecule has 2 N–H and O–H groups in total. The van der Waals surface area contributed by atoms with Crippen LogP contribution in [0.15, 0.2) is 66.9 Å². The minimum Gasteiger partial charge on any atom is -0.459 e. The zero-order valence-corrected chi connectivity index (χ0v) is 23.6. The van der Waals surface area contributed by atoms with Gasteiger partial charge in [-0.1, -0.05) is 60.7 Å². The van der Waals surface area contributed by atoms with Gasteiger partial charge in [-0.25, -0.2) is 24.3 Å². The molecule has 2 heterocycles. The average molecular weight is 565 g/mol. The van der Waals surface area contributed by atoms with Crippen molar-refractivity contribution in [2.45, 2.75) is 58.4 Å². The van der Waals surface area contributed by atoms with E-state index in [4.69, 9.17) is 9.47 Å². The van der Waals surface area contributed by atoms with Gasteiger partial charge in [-0.3, -0.25) is 10.1 Å². The lowest BCUT2D eigenvalue weighted by Crippen LogP contribution is -2.69. The second-order valence-electron chi connectivity index (χ2n) is 10.4. The number of aromatic nitrogens is 1. The van der Waals surface area contributed by atoms with Crippen LogP contribution in [0.2, 0.25) is 0 Å². The maximum Gasteiger partial charge on any atom is 0.413 e. The van der Waals surface area contributed by atoms with Crippen LogP contribution in [-0.4, -0.2) is 45.5 Å². The Bertz CT molecular complexity index is 1360. The normalized spacial score (nSPS) is 17.4. The van der Waals surface area contributed by atoms with Crippen molar-refractivity contribution in [1.29, 1.82) is 0 Å². The summed E-state index contributed by atoms with van der Waals surface area (Å²) in [7, 11) is 0. The maximum atomic E-state index is 13.2. The van der Waals surface area contributed by atoms with Crippen LogP contribution in [0.3, 0.4) is 0 Å². The van der Waals surface area contributed by atoms with Crippen molar-refractivity contribution in [3.63, 3.8) is 0 Å². The van der Waals surface area contributed by atoms with Gasteiger partial charge in [0.2, 0.25) is 5.91 Å². The number of thiazole rings is 1. The molecule has 0 aliphatic carbocycles. The molecule has 0 radical (unpaired) electrons. The minimum atomic E-state index is -1.11. The number of benzene rings is 2. The zero-order chi connectivity index (χ0) is 28.9. The fourth-order valence-electron chi connectivity index (χ4n) is 4.20. The van der Waals surface area contributed by atoms with Crippen molar-refractivity contribution in [3.8, 4) is 0 Å². The van der Waals surface area contributed by atoms with Gasteiger partial charge in [0.1, 0.15) is 12.2 Å². The quantitative estimate of drug-likeness (QED) is 0.289. The number of nitrogens with one attached hydrogen (secondary N) is 2. The van der Waals surface area contributed by atoms with Crippen LogP contribution in [0.1, 0.15) is 49.7 Å². The molecule has 0 bridgehead atoms. The van der Waals surface area contributed by atoms with Crippen LogP contribution in [0, 0.1) is 5.92 Å². The first-order valence-corrected chi connectivity index (χ1v) is 13.7. The summed E-state index contributed by atoms with van der Waals surface area (Å²) in [5, 5.41) is 5.67. The van der Waals surface area contributed by atoms with Crippen molar-refractivity contribution in [1.82, 2.24) is 15.2 Å². The Hall–Kier alpha value is -4.25. The molecule has 4 amide bonds. The Balaban J connectivity index is 1.46. The molecule has 0 saturated carbocycles. The minimum absolute atomic E-state index is 0.0114. The number of urea groups is 1. The number of imide groups is 1. The van der Waals surface area contributed by atoms with E-state index in [0.29, 0.717) is 10.0 Å². The highest BCUT2D eigenvalue weighted by Gasteiger charge is 2.55. The number of amides is 4. The number of anilines is 1. The van der Waals surface area contributed by atoms with Crippen molar-refractivity contribution < 1.29 is 28.7 Å². The van der Waals surface area contributed by atoms with E-state index < -0.39 is 41.6 Å². The van der Waals surface area contributed by atoms with Gasteiger partial charge in [0, 0.05) is 11.1 Å². The molecule has 11 heteroatoms. The second kappa shape index (κ2) is 12.3. The molecule has 10 nitrogen and oxygen atoms in total. The first-order chi connectivity index (χ1) is 19.0. The third-order valence-corrected chi connectivity index (χ3v) is 7.06. The second-order valence-corrected chi connectivity index (χ2v) is 11.5. The fourth-order valence-corrected chi connectivity index (χ4v) is 5.06. The Morgan fingerprint density at radius 2 is 1.70 bits per heavy atom. The summed E-state index contributed by atoms with van der Waals surface area (Å²) >= 11 is 1.16. The number of hydrogen-bond donors (Lipinski definition) is 2. The standard InChI is InChI=1S/C29H32N4O6S/c1-18(20-13-9-6-10-14-20)31-27(36)33-23(25(35)38-17-19-11-7-5-8-12-19)22(24(33)34)15-21-16-30-26(40-21)32-28(37)39-29(2,3)4/h5-14,16,18,22-23H,15,17H2,1-4H3,(H,31,36)(H,30,32,37)/t18-,22?,23+/m1/s1. The van der Waals surface area contributed by atoms with E-state index in [0.717, 1.165) is 27.4 Å². The van der Waals surface area contributed by atoms with Crippen LogP contribution in [-0.2, 0) is 32.1 Å². The van der Waals surface area contributed by atoms with Gasteiger partial charge in [-0.15, -0.1) is 11.3 Å². The van der Waals surface area contributed by atoms with Gasteiger partial charge in [0.25, 0.3) is 0 Å². The summed E-state index contributed by atoms with van der Waals surface area (Å²) < 4.78 is 10.8. The molecule has 3 aromatic rings. The van der Waals surface area contributed by atoms with Crippen molar-refractivity contribution in [3.05, 3.63) is 82.9 Å². The van der Waals surface area contributed by atoms with Gasteiger partial charge < -0.3 is 14.8 Å². The number of ether oxygens (including phenoxy) is 2. The molecule has 1 aliphatic heterocycles. The Morgan fingerprint density at radius 1 is 1.05 bits per heavy atom. The molecule has 1 fully saturated rings. The van der Waals surface area contributed by atoms with Crippen LogP contribution in [0.5, 0.6) is 0 Å². The first-order valence-electron chi connectivity index (χ1n) is 12.9. The number of esters is 1. The fraction of sp³-hybridized carbons (Fsp3) is 0.345. The number of rotatable bonds is 8. The van der Waals surface area contributed by atoms with E-state index in [1.165, 1.54) is 6.20 Å². The Morgan fingerprint density at radius 3 is 2.35 bits per heavy atom. The third kappa shape index (κ3) is 7.23. The van der Waals surface area contributed by atoms with E-state index >= 15 is 0 Å². The van der Waals surface area contributed by atoms with Gasteiger partial charge in [0.05, 0.1) is 12.0 Å². The molecule has 0 spiro atoms. The highest BCUT2D eigenvalue weighted by molar-refractivity contribution is 7.15.